The molecular formula is C27H27ClFN5O2S. The number of nitrogens with one attached hydrogen (secondary N) is 1. The molecule has 192 valence electrons. The van der Waals surface area contributed by atoms with E-state index in [0.717, 1.165) is 61.3 Å². The summed E-state index contributed by atoms with van der Waals surface area (Å²) in [5.74, 6) is -0.530. The first-order valence-electron chi connectivity index (χ1n) is 12.2. The molecule has 10 heteroatoms. The van der Waals surface area contributed by atoms with Crippen LogP contribution in [0.5, 0.6) is 0 Å². The molecule has 2 heterocycles. The van der Waals surface area contributed by atoms with Crippen LogP contribution in [0.4, 0.5) is 4.39 Å². The third-order valence-electron chi connectivity index (χ3n) is 6.43. The molecule has 0 aromatic heterocycles. The molecule has 1 fully saturated rings. The molecule has 0 amide bonds. The molecular weight excluding hydrogens is 513 g/mol. The lowest BCUT2D eigenvalue weighted by atomic mass is 9.91. The van der Waals surface area contributed by atoms with Crippen molar-refractivity contribution in [3.8, 4) is 0 Å². The lowest BCUT2D eigenvalue weighted by Gasteiger charge is -2.30. The van der Waals surface area contributed by atoms with E-state index < -0.39 is 15.8 Å². The number of halogens is 2. The summed E-state index contributed by atoms with van der Waals surface area (Å²) >= 11 is 6.12. The average Bonchev–Trinajstić information content (AvgIpc) is 3.36. The van der Waals surface area contributed by atoms with Crippen molar-refractivity contribution < 1.29 is 12.8 Å². The highest BCUT2D eigenvalue weighted by Crippen LogP contribution is 2.30. The van der Waals surface area contributed by atoms with Crippen molar-refractivity contribution in [3.05, 3.63) is 101 Å². The first kappa shape index (κ1) is 25.4. The molecule has 1 saturated heterocycles. The molecule has 0 bridgehead atoms. The van der Waals surface area contributed by atoms with Crippen LogP contribution in [0.1, 0.15) is 36.3 Å². The SMILES string of the molecule is O=S(=O)(/N=C(\NN1CCCCC1)N1CC(c2ccccc2)C(c2ccc(Cl)cc2)=N1)c1ccc(F)cc1. The Morgan fingerprint density at radius 1 is 0.946 bits per heavy atom. The predicted octanol–water partition coefficient (Wildman–Crippen LogP) is 5.02. The Hall–Kier alpha value is -3.27. The third kappa shape index (κ3) is 6.01. The van der Waals surface area contributed by atoms with Crippen molar-refractivity contribution in [1.29, 1.82) is 0 Å². The summed E-state index contributed by atoms with van der Waals surface area (Å²) in [4.78, 5) is -0.0902. The molecule has 0 saturated carbocycles. The Balaban J connectivity index is 1.55. The largest absolute Gasteiger partial charge is 0.287 e. The molecule has 37 heavy (non-hydrogen) atoms. The highest BCUT2D eigenvalue weighted by Gasteiger charge is 2.33. The Kier molecular flexibility index (Phi) is 7.55. The Bertz CT molecular complexity index is 1390. The van der Waals surface area contributed by atoms with Crippen molar-refractivity contribution in [3.63, 3.8) is 0 Å². The molecule has 0 radical (unpaired) electrons. The maximum Gasteiger partial charge on any atom is 0.285 e. The van der Waals surface area contributed by atoms with Crippen LogP contribution < -0.4 is 5.43 Å². The van der Waals surface area contributed by atoms with Gasteiger partial charge in [0.2, 0.25) is 5.96 Å². The van der Waals surface area contributed by atoms with Crippen molar-refractivity contribution in [2.45, 2.75) is 30.1 Å². The average molecular weight is 540 g/mol. The third-order valence-corrected chi connectivity index (χ3v) is 7.97. The van der Waals surface area contributed by atoms with Gasteiger partial charge >= 0.3 is 0 Å². The van der Waals surface area contributed by atoms with Gasteiger partial charge in [0.15, 0.2) is 0 Å². The molecule has 1 unspecified atom stereocenters. The van der Waals surface area contributed by atoms with Gasteiger partial charge in [-0.05, 0) is 60.4 Å². The maximum atomic E-state index is 13.4. The number of rotatable bonds is 5. The van der Waals surface area contributed by atoms with Crippen LogP contribution in [0.3, 0.4) is 0 Å². The Morgan fingerprint density at radius 2 is 1.62 bits per heavy atom. The van der Waals surface area contributed by atoms with Gasteiger partial charge in [0.05, 0.1) is 17.2 Å². The fraction of sp³-hybridized carbons (Fsp3) is 0.259. The number of piperidine rings is 1. The second-order valence-corrected chi connectivity index (χ2v) is 11.1. The van der Waals surface area contributed by atoms with Crippen molar-refractivity contribution in [2.24, 2.45) is 9.50 Å². The molecule has 3 aromatic rings. The minimum Gasteiger partial charge on any atom is -0.287 e. The van der Waals surface area contributed by atoms with E-state index >= 15 is 0 Å². The van der Waals surface area contributed by atoms with Gasteiger partial charge in [-0.3, -0.25) is 5.43 Å². The van der Waals surface area contributed by atoms with Gasteiger partial charge in [-0.2, -0.15) is 13.5 Å². The van der Waals surface area contributed by atoms with E-state index in [4.69, 9.17) is 16.7 Å². The standard InChI is InChI=1S/C27H27ClFN5O2S/c28-22-11-9-21(10-12-22)26-25(20-7-3-1-4-8-20)19-34(30-26)27(31-33-17-5-2-6-18-33)32-37(35,36)24-15-13-23(29)14-16-24/h1,3-4,7-16,25H,2,5-6,17-19H2,(H,31,32). The van der Waals surface area contributed by atoms with Gasteiger partial charge in [-0.1, -0.05) is 60.5 Å². The van der Waals surface area contributed by atoms with Gasteiger partial charge < -0.3 is 0 Å². The number of sulfonamides is 1. The zero-order chi connectivity index (χ0) is 25.8. The maximum absolute atomic E-state index is 13.4. The molecule has 2 aliphatic heterocycles. The number of hydrazone groups is 1. The molecule has 2 aliphatic rings. The summed E-state index contributed by atoms with van der Waals surface area (Å²) in [5.41, 5.74) is 5.94. The second-order valence-electron chi connectivity index (χ2n) is 9.04. The first-order valence-corrected chi connectivity index (χ1v) is 14.0. The number of guanidine groups is 1. The summed E-state index contributed by atoms with van der Waals surface area (Å²) in [7, 11) is -4.13. The zero-order valence-corrected chi connectivity index (χ0v) is 21.7. The molecule has 0 aliphatic carbocycles. The number of benzene rings is 3. The summed E-state index contributed by atoms with van der Waals surface area (Å²) < 4.78 is 44.1. The smallest absolute Gasteiger partial charge is 0.285 e. The van der Waals surface area contributed by atoms with E-state index in [1.54, 1.807) is 5.01 Å². The van der Waals surface area contributed by atoms with Crippen molar-refractivity contribution >= 4 is 33.3 Å². The van der Waals surface area contributed by atoms with Crippen molar-refractivity contribution in [2.75, 3.05) is 19.6 Å². The van der Waals surface area contributed by atoms with Gasteiger partial charge in [0.1, 0.15) is 5.82 Å². The van der Waals surface area contributed by atoms with E-state index in [1.807, 2.05) is 59.6 Å². The highest BCUT2D eigenvalue weighted by atomic mass is 35.5. The van der Waals surface area contributed by atoms with Crippen LogP contribution in [0, 0.1) is 5.82 Å². The quantitative estimate of drug-likeness (QED) is 0.364. The van der Waals surface area contributed by atoms with E-state index in [2.05, 4.69) is 9.82 Å². The fourth-order valence-corrected chi connectivity index (χ4v) is 5.58. The van der Waals surface area contributed by atoms with Crippen molar-refractivity contribution in [1.82, 2.24) is 15.4 Å². The number of hydrazine groups is 1. The normalized spacial score (nSPS) is 19.1. The minimum atomic E-state index is -4.13. The highest BCUT2D eigenvalue weighted by molar-refractivity contribution is 7.90. The summed E-state index contributed by atoms with van der Waals surface area (Å²) in [5, 5.41) is 9.06. The van der Waals surface area contributed by atoms with Crippen LogP contribution >= 0.6 is 11.6 Å². The molecule has 0 spiro atoms. The molecule has 1 N–H and O–H groups in total. The fourth-order valence-electron chi connectivity index (χ4n) is 4.51. The summed E-state index contributed by atoms with van der Waals surface area (Å²) in [6.45, 7) is 1.92. The van der Waals surface area contributed by atoms with Gasteiger partial charge in [0, 0.05) is 24.0 Å². The summed E-state index contributed by atoms with van der Waals surface area (Å²) in [6, 6.07) is 22.0. The molecule has 1 atom stereocenters. The van der Waals surface area contributed by atoms with Crippen LogP contribution in [0.15, 0.2) is 93.3 Å². The van der Waals surface area contributed by atoms with Crippen LogP contribution in [0.25, 0.3) is 0 Å². The van der Waals surface area contributed by atoms with E-state index in [-0.39, 0.29) is 16.8 Å². The number of nitrogens with zero attached hydrogens (tertiary/aromatic N) is 4. The summed E-state index contributed by atoms with van der Waals surface area (Å²) in [6.07, 6.45) is 3.12. The van der Waals surface area contributed by atoms with Crippen LogP contribution in [-0.2, 0) is 10.0 Å². The topological polar surface area (TPSA) is 77.4 Å². The number of hydrogen-bond acceptors (Lipinski definition) is 4. The van der Waals surface area contributed by atoms with E-state index in [1.165, 1.54) is 12.1 Å². The van der Waals surface area contributed by atoms with Gasteiger partial charge in [-0.15, -0.1) is 4.40 Å². The van der Waals surface area contributed by atoms with E-state index in [9.17, 15) is 12.8 Å². The van der Waals surface area contributed by atoms with Crippen LogP contribution in [0.2, 0.25) is 5.02 Å². The van der Waals surface area contributed by atoms with Crippen LogP contribution in [-0.4, -0.2) is 49.7 Å². The van der Waals surface area contributed by atoms with Gasteiger partial charge in [0.25, 0.3) is 10.0 Å². The van der Waals surface area contributed by atoms with Gasteiger partial charge in [-0.25, -0.2) is 14.4 Å². The van der Waals surface area contributed by atoms with E-state index in [0.29, 0.717) is 11.6 Å². The predicted molar refractivity (Wildman–Crippen MR) is 143 cm³/mol. The number of hydrogen-bond donors (Lipinski definition) is 1. The molecule has 3 aromatic carbocycles. The lowest BCUT2D eigenvalue weighted by Crippen LogP contribution is -2.50. The second kappa shape index (κ2) is 11.0. The Labute approximate surface area is 221 Å². The lowest BCUT2D eigenvalue weighted by molar-refractivity contribution is 0.184. The Morgan fingerprint density at radius 3 is 2.30 bits per heavy atom. The molecule has 5 rings (SSSR count). The zero-order valence-electron chi connectivity index (χ0n) is 20.1. The first-order chi connectivity index (χ1) is 17.9. The monoisotopic (exact) mass is 539 g/mol. The molecule has 7 nitrogen and oxygen atoms in total. The minimum absolute atomic E-state index is 0.0902.